The number of nitrogens with one attached hydrogen (secondary N) is 1. The van der Waals surface area contributed by atoms with Gasteiger partial charge in [-0.2, -0.15) is 0 Å². The molecule has 0 radical (unpaired) electrons. The van der Waals surface area contributed by atoms with E-state index in [9.17, 15) is 13.2 Å². The van der Waals surface area contributed by atoms with Crippen molar-refractivity contribution in [1.82, 2.24) is 14.5 Å². The highest BCUT2D eigenvalue weighted by molar-refractivity contribution is 7.89. The summed E-state index contributed by atoms with van der Waals surface area (Å²) in [6, 6.07) is 0.371. The molecular formula is C14H27N3O3S. The highest BCUT2D eigenvalue weighted by Gasteiger charge is 2.26. The molecule has 2 heterocycles. The Hall–Kier alpha value is -0.660. The molecule has 21 heavy (non-hydrogen) atoms. The monoisotopic (exact) mass is 317 g/mol. The van der Waals surface area contributed by atoms with Gasteiger partial charge in [0.25, 0.3) is 0 Å². The summed E-state index contributed by atoms with van der Waals surface area (Å²) in [4.78, 5) is 14.0. The van der Waals surface area contributed by atoms with E-state index < -0.39 is 10.0 Å². The van der Waals surface area contributed by atoms with Crippen LogP contribution in [0, 0.1) is 0 Å². The molecule has 7 heteroatoms. The number of likely N-dealkylation sites (tertiary alicyclic amines) is 1. The standard InChI is InChI=1S/C14H27N3O3S/c1-15-13-6-4-8-16(12-13)14(18)7-5-11-21(19,20)17-9-2-3-10-17/h13,15H,2-12H2,1H3. The van der Waals surface area contributed by atoms with Gasteiger partial charge in [0, 0.05) is 38.6 Å². The molecule has 0 aromatic carbocycles. The first-order valence-corrected chi connectivity index (χ1v) is 9.57. The van der Waals surface area contributed by atoms with Crippen LogP contribution in [-0.4, -0.2) is 68.6 Å². The summed E-state index contributed by atoms with van der Waals surface area (Å²) in [5, 5.41) is 3.21. The number of carbonyl (C=O) groups excluding carboxylic acids is 1. The molecule has 2 aliphatic heterocycles. The van der Waals surface area contributed by atoms with Crippen molar-refractivity contribution < 1.29 is 13.2 Å². The third-order valence-corrected chi connectivity index (χ3v) is 6.39. The summed E-state index contributed by atoms with van der Waals surface area (Å²) in [7, 11) is -1.23. The zero-order chi connectivity index (χ0) is 15.3. The average Bonchev–Trinajstić information content (AvgIpc) is 3.02. The number of nitrogens with zero attached hydrogens (tertiary/aromatic N) is 2. The zero-order valence-electron chi connectivity index (χ0n) is 12.9. The molecular weight excluding hydrogens is 290 g/mol. The highest BCUT2D eigenvalue weighted by atomic mass is 32.2. The van der Waals surface area contributed by atoms with Gasteiger partial charge < -0.3 is 10.2 Å². The van der Waals surface area contributed by atoms with Crippen LogP contribution in [0.4, 0.5) is 0 Å². The van der Waals surface area contributed by atoms with Crippen LogP contribution in [0.5, 0.6) is 0 Å². The van der Waals surface area contributed by atoms with E-state index >= 15 is 0 Å². The Bertz CT molecular complexity index is 446. The van der Waals surface area contributed by atoms with Crippen LogP contribution < -0.4 is 5.32 Å². The Morgan fingerprint density at radius 1 is 1.19 bits per heavy atom. The molecule has 2 rings (SSSR count). The third-order valence-electron chi connectivity index (χ3n) is 4.43. The fourth-order valence-corrected chi connectivity index (χ4v) is 4.68. The van der Waals surface area contributed by atoms with E-state index in [-0.39, 0.29) is 11.7 Å². The Morgan fingerprint density at radius 3 is 2.57 bits per heavy atom. The highest BCUT2D eigenvalue weighted by Crippen LogP contribution is 2.15. The van der Waals surface area contributed by atoms with Crippen molar-refractivity contribution in [1.29, 1.82) is 0 Å². The molecule has 2 fully saturated rings. The molecule has 0 bridgehead atoms. The SMILES string of the molecule is CNC1CCCN(C(=O)CCCS(=O)(=O)N2CCCC2)C1. The topological polar surface area (TPSA) is 69.7 Å². The molecule has 0 aromatic rings. The van der Waals surface area contributed by atoms with Crippen molar-refractivity contribution in [2.75, 3.05) is 39.0 Å². The molecule has 122 valence electrons. The van der Waals surface area contributed by atoms with Crippen LogP contribution in [0.1, 0.15) is 38.5 Å². The van der Waals surface area contributed by atoms with Crippen LogP contribution in [0.2, 0.25) is 0 Å². The van der Waals surface area contributed by atoms with Gasteiger partial charge in [-0.25, -0.2) is 12.7 Å². The van der Waals surface area contributed by atoms with Gasteiger partial charge in [0.1, 0.15) is 0 Å². The third kappa shape index (κ3) is 4.66. The fraction of sp³-hybridized carbons (Fsp3) is 0.929. The number of sulfonamides is 1. The number of hydrogen-bond acceptors (Lipinski definition) is 4. The predicted octanol–water partition coefficient (Wildman–Crippen LogP) is 0.403. The minimum Gasteiger partial charge on any atom is -0.341 e. The van der Waals surface area contributed by atoms with E-state index in [1.54, 1.807) is 4.31 Å². The van der Waals surface area contributed by atoms with Crippen LogP contribution in [0.15, 0.2) is 0 Å². The van der Waals surface area contributed by atoms with Crippen molar-refractivity contribution in [3.8, 4) is 0 Å². The summed E-state index contributed by atoms with van der Waals surface area (Å²) in [6.45, 7) is 2.84. The second kappa shape index (κ2) is 7.56. The maximum Gasteiger partial charge on any atom is 0.222 e. The van der Waals surface area contributed by atoms with E-state index in [0.717, 1.165) is 38.8 Å². The van der Waals surface area contributed by atoms with Crippen molar-refractivity contribution in [2.45, 2.75) is 44.6 Å². The van der Waals surface area contributed by atoms with Gasteiger partial charge in [0.2, 0.25) is 15.9 Å². The number of piperidine rings is 1. The van der Waals surface area contributed by atoms with Crippen LogP contribution >= 0.6 is 0 Å². The van der Waals surface area contributed by atoms with Gasteiger partial charge in [-0.1, -0.05) is 0 Å². The van der Waals surface area contributed by atoms with Gasteiger partial charge in [-0.05, 0) is 39.2 Å². The number of likely N-dealkylation sites (N-methyl/N-ethyl adjacent to an activating group) is 1. The van der Waals surface area contributed by atoms with E-state index in [1.807, 2.05) is 11.9 Å². The number of rotatable bonds is 6. The van der Waals surface area contributed by atoms with Crippen LogP contribution in [0.25, 0.3) is 0 Å². The molecule has 1 atom stereocenters. The predicted molar refractivity (Wildman–Crippen MR) is 82.5 cm³/mol. The summed E-state index contributed by atoms with van der Waals surface area (Å²) in [5.41, 5.74) is 0. The van der Waals surface area contributed by atoms with Crippen LogP contribution in [0.3, 0.4) is 0 Å². The van der Waals surface area contributed by atoms with Gasteiger partial charge in [-0.3, -0.25) is 4.79 Å². The molecule has 6 nitrogen and oxygen atoms in total. The Kier molecular flexibility index (Phi) is 6.01. The lowest BCUT2D eigenvalue weighted by atomic mass is 10.1. The van der Waals surface area contributed by atoms with Crippen LogP contribution in [-0.2, 0) is 14.8 Å². The Balaban J connectivity index is 1.73. The average molecular weight is 317 g/mol. The van der Waals surface area contributed by atoms with Gasteiger partial charge >= 0.3 is 0 Å². The van der Waals surface area contributed by atoms with E-state index in [4.69, 9.17) is 0 Å². The van der Waals surface area contributed by atoms with Gasteiger partial charge in [-0.15, -0.1) is 0 Å². The molecule has 0 aromatic heterocycles. The van der Waals surface area contributed by atoms with Gasteiger partial charge in [0.05, 0.1) is 5.75 Å². The molecule has 1 unspecified atom stereocenters. The van der Waals surface area contributed by atoms with E-state index in [0.29, 0.717) is 32.0 Å². The lowest BCUT2D eigenvalue weighted by molar-refractivity contribution is -0.132. The zero-order valence-corrected chi connectivity index (χ0v) is 13.7. The minimum absolute atomic E-state index is 0.0894. The molecule has 0 spiro atoms. The molecule has 1 N–H and O–H groups in total. The minimum atomic E-state index is -3.15. The number of amides is 1. The molecule has 2 aliphatic rings. The number of hydrogen-bond donors (Lipinski definition) is 1. The molecule has 0 aliphatic carbocycles. The van der Waals surface area contributed by atoms with Crippen molar-refractivity contribution >= 4 is 15.9 Å². The van der Waals surface area contributed by atoms with E-state index in [2.05, 4.69) is 5.32 Å². The summed E-state index contributed by atoms with van der Waals surface area (Å²) < 4.78 is 25.7. The normalized spacial score (nSPS) is 24.4. The maximum atomic E-state index is 12.2. The first kappa shape index (κ1) is 16.7. The smallest absolute Gasteiger partial charge is 0.222 e. The lowest BCUT2D eigenvalue weighted by Crippen LogP contribution is -2.47. The van der Waals surface area contributed by atoms with Crippen molar-refractivity contribution in [3.63, 3.8) is 0 Å². The van der Waals surface area contributed by atoms with Gasteiger partial charge in [0.15, 0.2) is 0 Å². The quantitative estimate of drug-likeness (QED) is 0.770. The van der Waals surface area contributed by atoms with Crippen molar-refractivity contribution in [3.05, 3.63) is 0 Å². The molecule has 2 saturated heterocycles. The summed E-state index contributed by atoms with van der Waals surface area (Å²) in [5.74, 6) is 0.189. The first-order valence-electron chi connectivity index (χ1n) is 7.96. The first-order chi connectivity index (χ1) is 10.0. The molecule has 1 amide bonds. The summed E-state index contributed by atoms with van der Waals surface area (Å²) in [6.07, 6.45) is 4.80. The summed E-state index contributed by atoms with van der Waals surface area (Å²) >= 11 is 0. The molecule has 0 saturated carbocycles. The second-order valence-electron chi connectivity index (χ2n) is 5.99. The Labute approximate surface area is 127 Å². The van der Waals surface area contributed by atoms with Crippen molar-refractivity contribution in [2.24, 2.45) is 0 Å². The second-order valence-corrected chi connectivity index (χ2v) is 8.08. The van der Waals surface area contributed by atoms with E-state index in [1.165, 1.54) is 0 Å². The maximum absolute atomic E-state index is 12.2. The lowest BCUT2D eigenvalue weighted by Gasteiger charge is -2.32. The Morgan fingerprint density at radius 2 is 1.90 bits per heavy atom. The number of carbonyl (C=O) groups is 1. The fourth-order valence-electron chi connectivity index (χ4n) is 3.10. The largest absolute Gasteiger partial charge is 0.341 e.